The molecule has 1 aromatic heterocycles. The number of halogens is 3. The second-order valence-corrected chi connectivity index (χ2v) is 4.56. The van der Waals surface area contributed by atoms with Gasteiger partial charge in [0.05, 0.1) is 11.3 Å². The molecule has 0 aromatic carbocycles. The number of carboxylic acids is 1. The summed E-state index contributed by atoms with van der Waals surface area (Å²) in [5, 5.41) is 11.3. The van der Waals surface area contributed by atoms with Crippen LogP contribution in [-0.2, 0) is 11.0 Å². The molecule has 2 N–H and O–H groups in total. The lowest BCUT2D eigenvalue weighted by molar-refractivity contribution is -0.141. The van der Waals surface area contributed by atoms with Crippen LogP contribution < -0.4 is 5.32 Å². The molecule has 8 heteroatoms. The molecule has 1 heterocycles. The molecule has 0 saturated heterocycles. The number of carbonyl (C=O) groups excluding carboxylic acids is 1. The zero-order valence-electron chi connectivity index (χ0n) is 11.8. The van der Waals surface area contributed by atoms with E-state index in [0.29, 0.717) is 12.5 Å². The van der Waals surface area contributed by atoms with E-state index in [4.69, 9.17) is 5.11 Å². The molecule has 1 amide bonds. The number of hydrogen-bond donors (Lipinski definition) is 2. The molecule has 22 heavy (non-hydrogen) atoms. The van der Waals surface area contributed by atoms with Crippen molar-refractivity contribution in [2.24, 2.45) is 0 Å². The van der Waals surface area contributed by atoms with Crippen LogP contribution in [0.1, 0.15) is 34.6 Å². The van der Waals surface area contributed by atoms with Crippen molar-refractivity contribution in [2.75, 3.05) is 0 Å². The van der Waals surface area contributed by atoms with E-state index in [1.54, 1.807) is 0 Å². The van der Waals surface area contributed by atoms with E-state index >= 15 is 0 Å². The van der Waals surface area contributed by atoms with Gasteiger partial charge in [0, 0.05) is 0 Å². The van der Waals surface area contributed by atoms with Gasteiger partial charge < -0.3 is 10.4 Å². The number of allylic oxidation sites excluding steroid dienone is 1. The van der Waals surface area contributed by atoms with Crippen molar-refractivity contribution < 1.29 is 27.9 Å². The summed E-state index contributed by atoms with van der Waals surface area (Å²) in [5.41, 5.74) is -1.33. The summed E-state index contributed by atoms with van der Waals surface area (Å²) in [5.74, 6) is -2.01. The molecule has 0 radical (unpaired) electrons. The van der Waals surface area contributed by atoms with Crippen LogP contribution in [0, 0.1) is 6.92 Å². The number of aryl methyl sites for hydroxylation is 1. The van der Waals surface area contributed by atoms with Crippen molar-refractivity contribution in [1.82, 2.24) is 10.3 Å². The first-order chi connectivity index (χ1) is 10.2. The van der Waals surface area contributed by atoms with Gasteiger partial charge in [-0.05, 0) is 31.9 Å². The van der Waals surface area contributed by atoms with Gasteiger partial charge in [-0.25, -0.2) is 9.78 Å². The fraction of sp³-hybridized carbons (Fsp3) is 0.357. The zero-order valence-corrected chi connectivity index (χ0v) is 11.8. The molecule has 0 aliphatic carbocycles. The van der Waals surface area contributed by atoms with Crippen LogP contribution in [0.15, 0.2) is 24.8 Å². The lowest BCUT2D eigenvalue weighted by Crippen LogP contribution is -2.41. The third-order valence-corrected chi connectivity index (χ3v) is 2.88. The molecule has 0 saturated carbocycles. The van der Waals surface area contributed by atoms with E-state index in [0.717, 1.165) is 6.07 Å². The number of pyridine rings is 1. The Labute approximate surface area is 124 Å². The molecular formula is C14H15F3N2O3. The normalized spacial score (nSPS) is 12.5. The minimum Gasteiger partial charge on any atom is -0.480 e. The summed E-state index contributed by atoms with van der Waals surface area (Å²) in [7, 11) is 0. The topological polar surface area (TPSA) is 79.3 Å². The molecule has 1 aromatic rings. The maximum atomic E-state index is 12.5. The maximum Gasteiger partial charge on any atom is 0.433 e. The molecular weight excluding hydrogens is 301 g/mol. The zero-order chi connectivity index (χ0) is 16.9. The Balaban J connectivity index is 2.93. The minimum atomic E-state index is -4.60. The van der Waals surface area contributed by atoms with Gasteiger partial charge in [0.25, 0.3) is 5.91 Å². The molecule has 0 fully saturated rings. The lowest BCUT2D eigenvalue weighted by Gasteiger charge is -2.15. The number of hydrogen-bond acceptors (Lipinski definition) is 3. The van der Waals surface area contributed by atoms with Crippen molar-refractivity contribution in [3.05, 3.63) is 41.7 Å². The van der Waals surface area contributed by atoms with Crippen molar-refractivity contribution in [1.29, 1.82) is 0 Å². The summed E-state index contributed by atoms with van der Waals surface area (Å²) < 4.78 is 37.5. The molecule has 0 aliphatic rings. The van der Waals surface area contributed by atoms with Crippen molar-refractivity contribution in [3.8, 4) is 0 Å². The van der Waals surface area contributed by atoms with Gasteiger partial charge in [0.2, 0.25) is 0 Å². The summed E-state index contributed by atoms with van der Waals surface area (Å²) >= 11 is 0. The Morgan fingerprint density at radius 2 is 2.09 bits per heavy atom. The van der Waals surface area contributed by atoms with Crippen LogP contribution in [0.5, 0.6) is 0 Å². The average Bonchev–Trinajstić information content (AvgIpc) is 2.41. The number of nitrogens with one attached hydrogen (secondary N) is 1. The van der Waals surface area contributed by atoms with Crippen molar-refractivity contribution in [2.45, 2.75) is 32.0 Å². The Morgan fingerprint density at radius 3 is 2.55 bits per heavy atom. The summed E-state index contributed by atoms with van der Waals surface area (Å²) in [6.45, 7) is 4.71. The van der Waals surface area contributed by atoms with Gasteiger partial charge in [-0.1, -0.05) is 6.08 Å². The van der Waals surface area contributed by atoms with E-state index in [1.807, 2.05) is 0 Å². The molecule has 1 atom stereocenters. The third kappa shape index (κ3) is 4.57. The van der Waals surface area contributed by atoms with Crippen LogP contribution in [0.3, 0.4) is 0 Å². The van der Waals surface area contributed by atoms with Gasteiger partial charge in [-0.2, -0.15) is 13.2 Å². The van der Waals surface area contributed by atoms with Gasteiger partial charge in [0.15, 0.2) is 0 Å². The first kappa shape index (κ1) is 17.7. The lowest BCUT2D eigenvalue weighted by atomic mass is 10.1. The van der Waals surface area contributed by atoms with E-state index < -0.39 is 29.8 Å². The smallest absolute Gasteiger partial charge is 0.433 e. The molecule has 1 rings (SSSR count). The number of nitrogens with zero attached hydrogens (tertiary/aromatic N) is 1. The number of amides is 1. The van der Waals surface area contributed by atoms with E-state index in [9.17, 15) is 22.8 Å². The van der Waals surface area contributed by atoms with Crippen LogP contribution in [0.25, 0.3) is 0 Å². The van der Waals surface area contributed by atoms with Crippen molar-refractivity contribution in [3.63, 3.8) is 0 Å². The largest absolute Gasteiger partial charge is 0.480 e. The second kappa shape index (κ2) is 7.06. The quantitative estimate of drug-likeness (QED) is 0.791. The van der Waals surface area contributed by atoms with Gasteiger partial charge >= 0.3 is 12.1 Å². The highest BCUT2D eigenvalue weighted by atomic mass is 19.4. The molecule has 0 aliphatic heterocycles. The van der Waals surface area contributed by atoms with Gasteiger partial charge in [-0.15, -0.1) is 6.58 Å². The predicted molar refractivity (Wildman–Crippen MR) is 72.3 cm³/mol. The first-order valence-electron chi connectivity index (χ1n) is 6.36. The van der Waals surface area contributed by atoms with Gasteiger partial charge in [-0.3, -0.25) is 4.79 Å². The fourth-order valence-electron chi connectivity index (χ4n) is 1.74. The fourth-order valence-corrected chi connectivity index (χ4v) is 1.74. The third-order valence-electron chi connectivity index (χ3n) is 2.88. The maximum absolute atomic E-state index is 12.5. The molecule has 1 unspecified atom stereocenters. The Morgan fingerprint density at radius 1 is 1.45 bits per heavy atom. The molecule has 5 nitrogen and oxygen atoms in total. The number of aromatic nitrogens is 1. The first-order valence-corrected chi connectivity index (χ1v) is 6.36. The second-order valence-electron chi connectivity index (χ2n) is 4.56. The SMILES string of the molecule is C=CCCC(NC(=O)c1ccc(C(F)(F)F)nc1C)C(=O)O. The minimum absolute atomic E-state index is 0.0992. The number of aliphatic carboxylic acids is 1. The number of carbonyl (C=O) groups is 2. The number of carboxylic acid groups (broad SMARTS) is 1. The highest BCUT2D eigenvalue weighted by molar-refractivity contribution is 5.97. The standard InChI is InChI=1S/C14H15F3N2O3/c1-3-4-5-10(13(21)22)19-12(20)9-6-7-11(14(15,16)17)18-8(9)2/h3,6-7,10H,1,4-5H2,2H3,(H,19,20)(H,21,22). The Kier molecular flexibility index (Phi) is 5.67. The monoisotopic (exact) mass is 316 g/mol. The molecule has 120 valence electrons. The predicted octanol–water partition coefficient (Wildman–Crippen LogP) is 2.56. The van der Waals surface area contributed by atoms with Crippen LogP contribution >= 0.6 is 0 Å². The molecule has 0 bridgehead atoms. The van der Waals surface area contributed by atoms with Crippen LogP contribution in [0.4, 0.5) is 13.2 Å². The highest BCUT2D eigenvalue weighted by Crippen LogP contribution is 2.28. The highest BCUT2D eigenvalue weighted by Gasteiger charge is 2.33. The van der Waals surface area contributed by atoms with E-state index in [-0.39, 0.29) is 17.7 Å². The Hall–Kier alpha value is -2.38. The summed E-state index contributed by atoms with van der Waals surface area (Å²) in [6.07, 6.45) is -2.58. The number of alkyl halides is 3. The van der Waals surface area contributed by atoms with Crippen LogP contribution in [0.2, 0.25) is 0 Å². The molecule has 0 spiro atoms. The van der Waals surface area contributed by atoms with E-state index in [2.05, 4.69) is 16.9 Å². The van der Waals surface area contributed by atoms with Crippen LogP contribution in [-0.4, -0.2) is 28.0 Å². The summed E-state index contributed by atoms with van der Waals surface area (Å²) in [6, 6.07) is 0.515. The van der Waals surface area contributed by atoms with Crippen molar-refractivity contribution >= 4 is 11.9 Å². The summed E-state index contributed by atoms with van der Waals surface area (Å²) in [4.78, 5) is 26.3. The number of rotatable bonds is 6. The van der Waals surface area contributed by atoms with Gasteiger partial charge in [0.1, 0.15) is 11.7 Å². The Bertz CT molecular complexity index is 585. The van der Waals surface area contributed by atoms with E-state index in [1.165, 1.54) is 13.0 Å². The average molecular weight is 316 g/mol.